The number of nitrogens with one attached hydrogen (secondary N) is 1. The number of carboxylic acids is 1. The molecule has 1 saturated carbocycles. The number of carbonyl (C=O) groups is 2. The van der Waals surface area contributed by atoms with Gasteiger partial charge in [0.05, 0.1) is 0 Å². The summed E-state index contributed by atoms with van der Waals surface area (Å²) in [6.07, 6.45) is 2.10. The standard InChI is InChI=1S/C17H23NO3/c1-17(2,9-8-16(20)21)18-15(19)11-13-10-14(13)12-6-4-3-5-7-12/h3-7,13-14H,8-11H2,1-2H3,(H,18,19)(H,20,21)/t13-,14-/m0/s1. The zero-order chi connectivity index (χ0) is 15.5. The van der Waals surface area contributed by atoms with Crippen LogP contribution in [0.25, 0.3) is 0 Å². The predicted octanol–water partition coefficient (Wildman–Crippen LogP) is 2.94. The van der Waals surface area contributed by atoms with Crippen LogP contribution in [-0.2, 0) is 9.59 Å². The van der Waals surface area contributed by atoms with Gasteiger partial charge in [-0.2, -0.15) is 0 Å². The van der Waals surface area contributed by atoms with Crippen LogP contribution in [0.15, 0.2) is 30.3 Å². The fraction of sp³-hybridized carbons (Fsp3) is 0.529. The van der Waals surface area contributed by atoms with Gasteiger partial charge in [0.1, 0.15) is 0 Å². The van der Waals surface area contributed by atoms with Gasteiger partial charge >= 0.3 is 5.97 Å². The third kappa shape index (κ3) is 4.88. The fourth-order valence-electron chi connectivity index (χ4n) is 2.73. The molecule has 4 nitrogen and oxygen atoms in total. The minimum atomic E-state index is -0.830. The highest BCUT2D eigenvalue weighted by Crippen LogP contribution is 2.49. The number of benzene rings is 1. The lowest BCUT2D eigenvalue weighted by Crippen LogP contribution is -2.43. The maximum absolute atomic E-state index is 12.1. The number of hydrogen-bond acceptors (Lipinski definition) is 2. The molecule has 2 atom stereocenters. The van der Waals surface area contributed by atoms with E-state index < -0.39 is 11.5 Å². The summed E-state index contributed by atoms with van der Waals surface area (Å²) in [6.45, 7) is 3.74. The maximum atomic E-state index is 12.1. The van der Waals surface area contributed by atoms with Gasteiger partial charge in [0.2, 0.25) is 5.91 Å². The summed E-state index contributed by atoms with van der Waals surface area (Å²) >= 11 is 0. The van der Waals surface area contributed by atoms with Crippen molar-refractivity contribution in [1.82, 2.24) is 5.32 Å². The molecule has 1 aromatic carbocycles. The molecule has 21 heavy (non-hydrogen) atoms. The first-order chi connectivity index (χ1) is 9.87. The van der Waals surface area contributed by atoms with E-state index in [0.29, 0.717) is 24.7 Å². The van der Waals surface area contributed by atoms with E-state index in [1.165, 1.54) is 5.56 Å². The van der Waals surface area contributed by atoms with E-state index >= 15 is 0 Å². The molecule has 114 valence electrons. The molecule has 0 spiro atoms. The van der Waals surface area contributed by atoms with Crippen molar-refractivity contribution in [3.63, 3.8) is 0 Å². The van der Waals surface area contributed by atoms with Crippen molar-refractivity contribution >= 4 is 11.9 Å². The summed E-state index contributed by atoms with van der Waals surface area (Å²) in [5, 5.41) is 11.7. The highest BCUT2D eigenvalue weighted by Gasteiger charge is 2.39. The van der Waals surface area contributed by atoms with Crippen molar-refractivity contribution < 1.29 is 14.7 Å². The van der Waals surface area contributed by atoms with Gasteiger partial charge in [0.15, 0.2) is 0 Å². The molecule has 1 amide bonds. The smallest absolute Gasteiger partial charge is 0.303 e. The average Bonchev–Trinajstić information content (AvgIpc) is 3.16. The molecule has 1 aliphatic rings. The van der Waals surface area contributed by atoms with E-state index in [1.807, 2.05) is 32.0 Å². The molecule has 0 aromatic heterocycles. The quantitative estimate of drug-likeness (QED) is 0.811. The maximum Gasteiger partial charge on any atom is 0.303 e. The Kier molecular flexibility index (Phi) is 4.66. The van der Waals surface area contributed by atoms with Gasteiger partial charge in [-0.15, -0.1) is 0 Å². The van der Waals surface area contributed by atoms with Crippen LogP contribution < -0.4 is 5.32 Å². The molecule has 1 aliphatic carbocycles. The summed E-state index contributed by atoms with van der Waals surface area (Å²) in [4.78, 5) is 22.7. The number of carboxylic acid groups (broad SMARTS) is 1. The Morgan fingerprint density at radius 1 is 1.29 bits per heavy atom. The summed E-state index contributed by atoms with van der Waals surface area (Å²) < 4.78 is 0. The molecule has 1 fully saturated rings. The summed E-state index contributed by atoms with van der Waals surface area (Å²) in [5.74, 6) is 0.110. The lowest BCUT2D eigenvalue weighted by atomic mass is 9.98. The Bertz CT molecular complexity index is 510. The number of carbonyl (C=O) groups excluding carboxylic acids is 1. The SMILES string of the molecule is CC(C)(CCC(=O)O)NC(=O)C[C@@H]1C[C@H]1c1ccccc1. The van der Waals surface area contributed by atoms with Crippen LogP contribution >= 0.6 is 0 Å². The first-order valence-electron chi connectivity index (χ1n) is 7.45. The molecular weight excluding hydrogens is 266 g/mol. The first kappa shape index (κ1) is 15.5. The van der Waals surface area contributed by atoms with Crippen molar-refractivity contribution in [3.8, 4) is 0 Å². The Balaban J connectivity index is 1.77. The molecule has 2 rings (SSSR count). The van der Waals surface area contributed by atoms with E-state index in [0.717, 1.165) is 6.42 Å². The molecule has 0 unspecified atom stereocenters. The van der Waals surface area contributed by atoms with Crippen LogP contribution in [0.2, 0.25) is 0 Å². The van der Waals surface area contributed by atoms with Crippen molar-refractivity contribution in [2.45, 2.75) is 51.0 Å². The summed E-state index contributed by atoms with van der Waals surface area (Å²) in [7, 11) is 0. The average molecular weight is 289 g/mol. The molecule has 4 heteroatoms. The Morgan fingerprint density at radius 3 is 2.57 bits per heavy atom. The van der Waals surface area contributed by atoms with Crippen LogP contribution in [-0.4, -0.2) is 22.5 Å². The second-order valence-corrected chi connectivity index (χ2v) is 6.54. The molecule has 0 heterocycles. The van der Waals surface area contributed by atoms with Crippen LogP contribution in [0.5, 0.6) is 0 Å². The number of amides is 1. The van der Waals surface area contributed by atoms with Gasteiger partial charge in [0.25, 0.3) is 0 Å². The highest BCUT2D eigenvalue weighted by atomic mass is 16.4. The van der Waals surface area contributed by atoms with Crippen molar-refractivity contribution in [3.05, 3.63) is 35.9 Å². The molecule has 0 bridgehead atoms. The molecule has 0 saturated heterocycles. The van der Waals surface area contributed by atoms with Crippen LogP contribution in [0.1, 0.15) is 51.0 Å². The van der Waals surface area contributed by atoms with Crippen LogP contribution in [0.4, 0.5) is 0 Å². The third-order valence-electron chi connectivity index (χ3n) is 4.04. The third-order valence-corrected chi connectivity index (χ3v) is 4.04. The second-order valence-electron chi connectivity index (χ2n) is 6.54. The van der Waals surface area contributed by atoms with E-state index in [-0.39, 0.29) is 12.3 Å². The summed E-state index contributed by atoms with van der Waals surface area (Å²) in [5.41, 5.74) is 0.840. The van der Waals surface area contributed by atoms with Crippen LogP contribution in [0.3, 0.4) is 0 Å². The van der Waals surface area contributed by atoms with E-state index in [4.69, 9.17) is 5.11 Å². The lowest BCUT2D eigenvalue weighted by Gasteiger charge is -2.25. The topological polar surface area (TPSA) is 66.4 Å². The minimum Gasteiger partial charge on any atom is -0.481 e. The molecular formula is C17H23NO3. The van der Waals surface area contributed by atoms with Crippen LogP contribution in [0, 0.1) is 5.92 Å². The zero-order valence-electron chi connectivity index (χ0n) is 12.6. The van der Waals surface area contributed by atoms with Gasteiger partial charge in [-0.1, -0.05) is 30.3 Å². The second kappa shape index (κ2) is 6.29. The van der Waals surface area contributed by atoms with Gasteiger partial charge in [-0.3, -0.25) is 9.59 Å². The van der Waals surface area contributed by atoms with Gasteiger partial charge in [0, 0.05) is 18.4 Å². The first-order valence-corrected chi connectivity index (χ1v) is 7.45. The molecule has 1 aromatic rings. The Morgan fingerprint density at radius 2 is 1.95 bits per heavy atom. The van der Waals surface area contributed by atoms with Crippen molar-refractivity contribution in [2.75, 3.05) is 0 Å². The van der Waals surface area contributed by atoms with Gasteiger partial charge < -0.3 is 10.4 Å². The largest absolute Gasteiger partial charge is 0.481 e. The molecule has 0 radical (unpaired) electrons. The number of hydrogen-bond donors (Lipinski definition) is 2. The lowest BCUT2D eigenvalue weighted by molar-refractivity contribution is -0.137. The van der Waals surface area contributed by atoms with Gasteiger partial charge in [-0.05, 0) is 44.1 Å². The predicted molar refractivity (Wildman–Crippen MR) is 81.0 cm³/mol. The molecule has 0 aliphatic heterocycles. The van der Waals surface area contributed by atoms with Crippen molar-refractivity contribution in [1.29, 1.82) is 0 Å². The number of rotatable bonds is 7. The monoisotopic (exact) mass is 289 g/mol. The number of aliphatic carboxylic acids is 1. The zero-order valence-corrected chi connectivity index (χ0v) is 12.6. The van der Waals surface area contributed by atoms with E-state index in [2.05, 4.69) is 17.4 Å². The highest BCUT2D eigenvalue weighted by molar-refractivity contribution is 5.77. The van der Waals surface area contributed by atoms with E-state index in [9.17, 15) is 9.59 Å². The summed E-state index contributed by atoms with van der Waals surface area (Å²) in [6, 6.07) is 10.3. The normalized spacial score (nSPS) is 20.9. The minimum absolute atomic E-state index is 0.0221. The van der Waals surface area contributed by atoms with Crippen molar-refractivity contribution in [2.24, 2.45) is 5.92 Å². The Labute approximate surface area is 125 Å². The fourth-order valence-corrected chi connectivity index (χ4v) is 2.73. The molecule has 2 N–H and O–H groups in total. The van der Waals surface area contributed by atoms with Gasteiger partial charge in [-0.25, -0.2) is 0 Å². The Hall–Kier alpha value is -1.84. The van der Waals surface area contributed by atoms with E-state index in [1.54, 1.807) is 0 Å².